The van der Waals surface area contributed by atoms with Crippen LogP contribution in [0.5, 0.6) is 5.75 Å². The minimum atomic E-state index is -1.08. The molecule has 0 fully saturated rings. The zero-order chi connectivity index (χ0) is 16.1. The van der Waals surface area contributed by atoms with E-state index in [-0.39, 0.29) is 12.4 Å². The van der Waals surface area contributed by atoms with Crippen LogP contribution in [0.15, 0.2) is 30.5 Å². The van der Waals surface area contributed by atoms with Gasteiger partial charge in [-0.3, -0.25) is 14.7 Å². The number of fused-ring (bicyclic) bond motifs is 1. The third-order valence-electron chi connectivity index (χ3n) is 2.89. The number of hydrogen-bond acceptors (Lipinski definition) is 6. The lowest BCUT2D eigenvalue weighted by atomic mass is 10.2. The minimum Gasteiger partial charge on any atom is -0.465 e. The van der Waals surface area contributed by atoms with Crippen molar-refractivity contribution in [3.05, 3.63) is 35.5 Å². The molecule has 1 atom stereocenters. The SMILES string of the molecule is CCOC(=O)C(C)C(=O)OOc1ccc(Cl)c2cccnc12. The monoisotopic (exact) mass is 323 g/mol. The average molecular weight is 324 g/mol. The highest BCUT2D eigenvalue weighted by Crippen LogP contribution is 2.29. The van der Waals surface area contributed by atoms with Gasteiger partial charge >= 0.3 is 11.9 Å². The minimum absolute atomic E-state index is 0.184. The molecule has 0 saturated carbocycles. The average Bonchev–Trinajstić information content (AvgIpc) is 2.53. The second-order valence-electron chi connectivity index (χ2n) is 4.40. The van der Waals surface area contributed by atoms with Crippen LogP contribution >= 0.6 is 11.6 Å². The highest BCUT2D eigenvalue weighted by molar-refractivity contribution is 6.35. The summed E-state index contributed by atoms with van der Waals surface area (Å²) in [4.78, 5) is 37.0. The van der Waals surface area contributed by atoms with E-state index in [4.69, 9.17) is 21.2 Å². The van der Waals surface area contributed by atoms with Crippen molar-refractivity contribution in [2.24, 2.45) is 5.92 Å². The summed E-state index contributed by atoms with van der Waals surface area (Å²) in [5, 5.41) is 1.16. The fourth-order valence-corrected chi connectivity index (χ4v) is 1.92. The molecule has 1 unspecified atom stereocenters. The molecule has 0 radical (unpaired) electrons. The van der Waals surface area contributed by atoms with Gasteiger partial charge in [0.1, 0.15) is 5.52 Å². The van der Waals surface area contributed by atoms with E-state index in [1.807, 2.05) is 0 Å². The fourth-order valence-electron chi connectivity index (χ4n) is 1.70. The van der Waals surface area contributed by atoms with Gasteiger partial charge in [-0.2, -0.15) is 0 Å². The van der Waals surface area contributed by atoms with E-state index in [0.717, 1.165) is 0 Å². The molecule has 1 heterocycles. The second kappa shape index (κ2) is 7.09. The maximum Gasteiger partial charge on any atom is 0.369 e. The first-order valence-corrected chi connectivity index (χ1v) is 7.00. The molecule has 2 aromatic rings. The van der Waals surface area contributed by atoms with Gasteiger partial charge in [0.2, 0.25) is 5.75 Å². The Morgan fingerprint density at radius 3 is 2.77 bits per heavy atom. The predicted molar refractivity (Wildman–Crippen MR) is 79.3 cm³/mol. The van der Waals surface area contributed by atoms with Crippen molar-refractivity contribution >= 4 is 34.4 Å². The normalized spacial score (nSPS) is 11.8. The summed E-state index contributed by atoms with van der Waals surface area (Å²) >= 11 is 6.05. The first kappa shape index (κ1) is 16.0. The predicted octanol–water partition coefficient (Wildman–Crippen LogP) is 2.92. The summed E-state index contributed by atoms with van der Waals surface area (Å²) in [7, 11) is 0. The van der Waals surface area contributed by atoms with Gasteiger partial charge in [-0.1, -0.05) is 11.6 Å². The Balaban J connectivity index is 2.11. The topological polar surface area (TPSA) is 74.7 Å². The van der Waals surface area contributed by atoms with Crippen LogP contribution in [0.3, 0.4) is 0 Å². The Labute approximate surface area is 131 Å². The zero-order valence-corrected chi connectivity index (χ0v) is 12.8. The summed E-state index contributed by atoms with van der Waals surface area (Å²) in [5.41, 5.74) is 0.451. The largest absolute Gasteiger partial charge is 0.465 e. The van der Waals surface area contributed by atoms with Gasteiger partial charge in [0.25, 0.3) is 0 Å². The van der Waals surface area contributed by atoms with Crippen molar-refractivity contribution in [1.29, 1.82) is 0 Å². The lowest BCUT2D eigenvalue weighted by Crippen LogP contribution is -2.26. The van der Waals surface area contributed by atoms with Gasteiger partial charge < -0.3 is 4.74 Å². The summed E-state index contributed by atoms with van der Waals surface area (Å²) in [6, 6.07) is 6.62. The lowest BCUT2D eigenvalue weighted by molar-refractivity contribution is -0.219. The number of aromatic nitrogens is 1. The zero-order valence-electron chi connectivity index (χ0n) is 12.0. The van der Waals surface area contributed by atoms with Crippen LogP contribution in [-0.2, 0) is 19.2 Å². The number of ether oxygens (including phenoxy) is 1. The molecule has 1 aromatic carbocycles. The van der Waals surface area contributed by atoms with Crippen LogP contribution < -0.4 is 4.89 Å². The van der Waals surface area contributed by atoms with E-state index in [9.17, 15) is 9.59 Å². The first-order valence-electron chi connectivity index (χ1n) is 6.62. The van der Waals surface area contributed by atoms with Crippen LogP contribution in [0.2, 0.25) is 5.02 Å². The Kier molecular flexibility index (Phi) is 5.16. The molecule has 0 aliphatic rings. The van der Waals surface area contributed by atoms with E-state index in [2.05, 4.69) is 9.87 Å². The molecule has 0 spiro atoms. The van der Waals surface area contributed by atoms with Crippen molar-refractivity contribution in [2.75, 3.05) is 6.61 Å². The lowest BCUT2D eigenvalue weighted by Gasteiger charge is -2.10. The Morgan fingerprint density at radius 2 is 2.05 bits per heavy atom. The van der Waals surface area contributed by atoms with Crippen LogP contribution in [0, 0.1) is 5.92 Å². The van der Waals surface area contributed by atoms with E-state index >= 15 is 0 Å². The number of hydrogen-bond donors (Lipinski definition) is 0. The third kappa shape index (κ3) is 3.46. The number of benzene rings is 1. The number of pyridine rings is 1. The molecule has 0 aliphatic carbocycles. The van der Waals surface area contributed by atoms with E-state index in [1.54, 1.807) is 31.3 Å². The number of rotatable bonds is 5. The maximum atomic E-state index is 11.7. The van der Waals surface area contributed by atoms with Crippen LogP contribution in [0.1, 0.15) is 13.8 Å². The van der Waals surface area contributed by atoms with Crippen LogP contribution in [0.25, 0.3) is 10.9 Å². The maximum absolute atomic E-state index is 11.7. The molecule has 116 valence electrons. The summed E-state index contributed by atoms with van der Waals surface area (Å²) in [6.07, 6.45) is 1.56. The number of nitrogens with zero attached hydrogens (tertiary/aromatic N) is 1. The molecule has 22 heavy (non-hydrogen) atoms. The number of carbonyl (C=O) groups excluding carboxylic acids is 2. The molecular weight excluding hydrogens is 310 g/mol. The van der Waals surface area contributed by atoms with Crippen molar-refractivity contribution in [3.8, 4) is 5.75 Å². The van der Waals surface area contributed by atoms with Gasteiger partial charge in [-0.15, -0.1) is 0 Å². The Hall–Kier alpha value is -2.34. The van der Waals surface area contributed by atoms with Gasteiger partial charge in [0, 0.05) is 11.6 Å². The van der Waals surface area contributed by atoms with Crippen molar-refractivity contribution in [3.63, 3.8) is 0 Å². The molecule has 0 bridgehead atoms. The smallest absolute Gasteiger partial charge is 0.369 e. The van der Waals surface area contributed by atoms with E-state index in [0.29, 0.717) is 15.9 Å². The summed E-state index contributed by atoms with van der Waals surface area (Å²) in [6.45, 7) is 3.21. The Bertz CT molecular complexity index is 703. The number of halogens is 1. The van der Waals surface area contributed by atoms with Gasteiger partial charge in [-0.25, -0.2) is 9.68 Å². The molecular formula is C15H14ClNO5. The first-order chi connectivity index (χ1) is 10.5. The van der Waals surface area contributed by atoms with Crippen molar-refractivity contribution in [1.82, 2.24) is 4.98 Å². The van der Waals surface area contributed by atoms with E-state index in [1.165, 1.54) is 13.0 Å². The molecule has 1 aromatic heterocycles. The third-order valence-corrected chi connectivity index (χ3v) is 3.22. The van der Waals surface area contributed by atoms with E-state index < -0.39 is 17.9 Å². The van der Waals surface area contributed by atoms with Gasteiger partial charge in [0.05, 0.1) is 11.6 Å². The molecule has 0 amide bonds. The molecule has 2 rings (SSSR count). The van der Waals surface area contributed by atoms with Gasteiger partial charge in [-0.05, 0) is 38.1 Å². The summed E-state index contributed by atoms with van der Waals surface area (Å²) < 4.78 is 4.74. The quantitative estimate of drug-likeness (QED) is 0.364. The molecule has 6 nitrogen and oxygen atoms in total. The highest BCUT2D eigenvalue weighted by Gasteiger charge is 2.26. The highest BCUT2D eigenvalue weighted by atomic mass is 35.5. The van der Waals surface area contributed by atoms with Gasteiger partial charge in [0.15, 0.2) is 5.92 Å². The Morgan fingerprint density at radius 1 is 1.27 bits per heavy atom. The van der Waals surface area contributed by atoms with Crippen molar-refractivity contribution in [2.45, 2.75) is 13.8 Å². The molecule has 0 aliphatic heterocycles. The molecule has 0 saturated heterocycles. The fraction of sp³-hybridized carbons (Fsp3) is 0.267. The number of esters is 1. The molecule has 7 heteroatoms. The van der Waals surface area contributed by atoms with Crippen LogP contribution in [0.4, 0.5) is 0 Å². The second-order valence-corrected chi connectivity index (χ2v) is 4.81. The number of carbonyl (C=O) groups is 2. The van der Waals surface area contributed by atoms with Crippen molar-refractivity contribution < 1.29 is 24.1 Å². The van der Waals surface area contributed by atoms with Crippen LogP contribution in [-0.4, -0.2) is 23.5 Å². The summed E-state index contributed by atoms with van der Waals surface area (Å²) in [5.74, 6) is -2.37. The standard InChI is InChI=1S/C15H14ClNO5/c1-3-20-14(18)9(2)15(19)22-21-12-7-6-11(16)10-5-4-8-17-13(10)12/h4-9H,3H2,1-2H3. The molecule has 0 N–H and O–H groups in total.